The number of sulfone groups is 1. The van der Waals surface area contributed by atoms with E-state index in [9.17, 15) is 17.6 Å². The third kappa shape index (κ3) is 12.0. The number of nitrogens with zero attached hydrogens (tertiary/aromatic N) is 2. The second-order valence-electron chi connectivity index (χ2n) is 12.2. The van der Waals surface area contributed by atoms with Crippen molar-refractivity contribution < 1.29 is 27.1 Å². The van der Waals surface area contributed by atoms with Crippen LogP contribution in [-0.2, 0) is 36.5 Å². The molecule has 1 aliphatic heterocycles. The maximum Gasteiger partial charge on any atom is 0.309 e. The fourth-order valence-electron chi connectivity index (χ4n) is 5.02. The molecule has 0 N–H and O–H groups in total. The fraction of sp³-hybridized carbons (Fsp3) is 0.625. The van der Waals surface area contributed by atoms with Crippen LogP contribution in [0.15, 0.2) is 47.8 Å². The average Bonchev–Trinajstić information content (AvgIpc) is 3.05. The Kier molecular flexibility index (Phi) is 13.1. The van der Waals surface area contributed by atoms with Gasteiger partial charge in [0.15, 0.2) is 9.84 Å². The van der Waals surface area contributed by atoms with Crippen molar-refractivity contribution in [2.45, 2.75) is 104 Å². The van der Waals surface area contributed by atoms with E-state index in [0.717, 1.165) is 57.2 Å². The lowest BCUT2D eigenvalue weighted by atomic mass is 9.85. The molecule has 3 atom stereocenters. The second kappa shape index (κ2) is 15.5. The van der Waals surface area contributed by atoms with Crippen molar-refractivity contribution in [2.24, 2.45) is 16.8 Å². The summed E-state index contributed by atoms with van der Waals surface area (Å²) in [5, 5.41) is 0. The van der Waals surface area contributed by atoms with Crippen molar-refractivity contribution in [1.29, 1.82) is 0 Å². The number of ether oxygens (including phenoxy) is 2. The Balaban J connectivity index is 2.16. The first-order valence-electron chi connectivity index (χ1n) is 14.6. The number of aliphatic imine (C=N–C) groups is 1. The third-order valence-corrected chi connectivity index (χ3v) is 8.06. The van der Waals surface area contributed by atoms with Gasteiger partial charge in [-0.25, -0.2) is 17.8 Å². The van der Waals surface area contributed by atoms with E-state index < -0.39 is 21.3 Å². The van der Waals surface area contributed by atoms with E-state index in [1.54, 1.807) is 24.4 Å². The second-order valence-corrected chi connectivity index (χ2v) is 14.3. The molecule has 1 aromatic carbocycles. The highest BCUT2D eigenvalue weighted by Crippen LogP contribution is 2.31. The average molecular weight is 593 g/mol. The zero-order chi connectivity index (χ0) is 30.8. The first kappa shape index (κ1) is 34.5. The molecule has 0 spiro atoms. The van der Waals surface area contributed by atoms with Crippen LogP contribution in [0.1, 0.15) is 91.2 Å². The summed E-state index contributed by atoms with van der Waals surface area (Å²) in [6.07, 6.45) is 9.90. The predicted octanol–water partition coefficient (Wildman–Crippen LogP) is 6.97. The number of carbonyl (C=O) groups excluding carboxylic acids is 1. The van der Waals surface area contributed by atoms with Gasteiger partial charge in [-0.2, -0.15) is 0 Å². The molecule has 0 aromatic heterocycles. The van der Waals surface area contributed by atoms with Crippen molar-refractivity contribution in [2.75, 3.05) is 12.8 Å². The largest absolute Gasteiger partial charge is 0.487 e. The van der Waals surface area contributed by atoms with Gasteiger partial charge in [-0.05, 0) is 77.0 Å². The molecule has 41 heavy (non-hydrogen) atoms. The topological polar surface area (TPSA) is 85.3 Å². The molecule has 2 rings (SSSR count). The van der Waals surface area contributed by atoms with Crippen molar-refractivity contribution in [3.8, 4) is 0 Å². The monoisotopic (exact) mass is 592 g/mol. The van der Waals surface area contributed by atoms with Crippen LogP contribution >= 0.6 is 0 Å². The summed E-state index contributed by atoms with van der Waals surface area (Å²) in [6.45, 7) is 16.6. The molecule has 9 heteroatoms. The summed E-state index contributed by atoms with van der Waals surface area (Å²) in [5.74, 6) is 0.568. The van der Waals surface area contributed by atoms with E-state index >= 15 is 0 Å². The summed E-state index contributed by atoms with van der Waals surface area (Å²) >= 11 is 0. The Bertz CT molecular complexity index is 1200. The molecule has 0 aliphatic carbocycles. The summed E-state index contributed by atoms with van der Waals surface area (Å²) in [7, 11) is -3.25. The highest BCUT2D eigenvalue weighted by molar-refractivity contribution is 7.89. The minimum Gasteiger partial charge on any atom is -0.487 e. The molecule has 1 saturated heterocycles. The Morgan fingerprint density at radius 3 is 2.61 bits per heavy atom. The lowest BCUT2D eigenvalue weighted by Crippen LogP contribution is -2.39. The number of hydrogen-bond donors (Lipinski definition) is 0. The summed E-state index contributed by atoms with van der Waals surface area (Å²) in [4.78, 5) is 19.9. The zero-order valence-corrected chi connectivity index (χ0v) is 26.7. The third-order valence-electron chi connectivity index (χ3n) is 7.20. The first-order chi connectivity index (χ1) is 19.1. The van der Waals surface area contributed by atoms with Crippen molar-refractivity contribution in [3.05, 3.63) is 59.8 Å². The van der Waals surface area contributed by atoms with Crippen molar-refractivity contribution in [1.82, 2.24) is 4.90 Å². The molecule has 0 amide bonds. The van der Waals surface area contributed by atoms with Crippen molar-refractivity contribution >= 4 is 21.6 Å². The van der Waals surface area contributed by atoms with E-state index in [4.69, 9.17) is 14.5 Å². The minimum atomic E-state index is -3.25. The molecule has 230 valence electrons. The van der Waals surface area contributed by atoms with Gasteiger partial charge in [-0.1, -0.05) is 39.0 Å². The Morgan fingerprint density at radius 2 is 2.02 bits per heavy atom. The number of carbonyl (C=O) groups is 1. The predicted molar refractivity (Wildman–Crippen MR) is 163 cm³/mol. The Hall–Kier alpha value is -2.68. The molecular formula is C32H49FN2O5S. The molecule has 1 heterocycles. The summed E-state index contributed by atoms with van der Waals surface area (Å²) in [5.41, 5.74) is 0.211. The highest BCUT2D eigenvalue weighted by atomic mass is 32.2. The molecule has 1 aliphatic rings. The van der Waals surface area contributed by atoms with Crippen LogP contribution in [0.4, 0.5) is 4.39 Å². The number of esters is 1. The maximum atomic E-state index is 14.6. The number of rotatable bonds is 12. The maximum absolute atomic E-state index is 14.6. The number of amidine groups is 1. The number of hydrogen-bond acceptors (Lipinski definition) is 6. The minimum absolute atomic E-state index is 0.0347. The van der Waals surface area contributed by atoms with E-state index in [1.165, 1.54) is 6.07 Å². The summed E-state index contributed by atoms with van der Waals surface area (Å²) in [6, 6.07) is 4.57. The van der Waals surface area contributed by atoms with Gasteiger partial charge >= 0.3 is 5.97 Å². The molecular weight excluding hydrogens is 543 g/mol. The fourth-order valence-corrected chi connectivity index (χ4v) is 5.80. The van der Waals surface area contributed by atoms with Gasteiger partial charge in [0.25, 0.3) is 0 Å². The number of likely N-dealkylation sites (tertiary alicyclic amines) is 1. The lowest BCUT2D eigenvalue weighted by molar-refractivity contribution is -0.161. The van der Waals surface area contributed by atoms with Gasteiger partial charge in [0.05, 0.1) is 17.9 Å². The molecule has 0 bridgehead atoms. The van der Waals surface area contributed by atoms with E-state index in [1.807, 2.05) is 27.7 Å². The van der Waals surface area contributed by atoms with Crippen molar-refractivity contribution in [3.63, 3.8) is 0 Å². The standard InChI is InChI=1S/C32H49FN2O5S/c1-9-11-14-30(35-17-12-13-26(18-23(35)3)24(4)31(36)40-32(5,6)7)34-20-28(10-2)39-21-27-16-15-25(19-29(27)33)22-41(8,37)38/h10,15-16,19-20,23-24,26H,2,9,11-14,17-18,21-22H2,1,3-8H3. The molecule has 1 aromatic rings. The number of allylic oxidation sites excluding steroid dienone is 1. The highest BCUT2D eigenvalue weighted by Gasteiger charge is 2.33. The van der Waals surface area contributed by atoms with Gasteiger partial charge < -0.3 is 14.4 Å². The van der Waals surface area contributed by atoms with E-state index in [0.29, 0.717) is 16.9 Å². The van der Waals surface area contributed by atoms with E-state index in [-0.39, 0.29) is 36.2 Å². The number of halogens is 1. The quantitative estimate of drug-likeness (QED) is 0.0857. The van der Waals surface area contributed by atoms with Crippen LogP contribution in [0.2, 0.25) is 0 Å². The zero-order valence-electron chi connectivity index (χ0n) is 25.9. The first-order valence-corrected chi connectivity index (χ1v) is 16.7. The number of benzene rings is 1. The van der Waals surface area contributed by atoms with Crippen LogP contribution in [0.5, 0.6) is 0 Å². The van der Waals surface area contributed by atoms with Crippen LogP contribution < -0.4 is 0 Å². The molecule has 3 unspecified atom stereocenters. The normalized spacial score (nSPS) is 19.9. The van der Waals surface area contributed by atoms with Crippen LogP contribution in [0.25, 0.3) is 0 Å². The molecule has 0 radical (unpaired) electrons. The van der Waals surface area contributed by atoms with Gasteiger partial charge in [-0.3, -0.25) is 4.79 Å². The molecule has 0 saturated carbocycles. The Labute approximate surface area is 246 Å². The molecule has 1 fully saturated rings. The number of unbranched alkanes of at least 4 members (excludes halogenated alkanes) is 1. The van der Waals surface area contributed by atoms with Crippen LogP contribution in [0, 0.1) is 17.7 Å². The van der Waals surface area contributed by atoms with Gasteiger partial charge in [-0.15, -0.1) is 0 Å². The van der Waals surface area contributed by atoms with Crippen LogP contribution in [-0.4, -0.2) is 49.6 Å². The smallest absolute Gasteiger partial charge is 0.309 e. The van der Waals surface area contributed by atoms with Gasteiger partial charge in [0.1, 0.15) is 29.6 Å². The van der Waals surface area contributed by atoms with Crippen LogP contribution in [0.3, 0.4) is 0 Å². The van der Waals surface area contributed by atoms with E-state index in [2.05, 4.69) is 25.3 Å². The Morgan fingerprint density at radius 1 is 1.32 bits per heavy atom. The lowest BCUT2D eigenvalue weighted by Gasteiger charge is -2.32. The SMILES string of the molecule is C=CC(=CN=C(CCCC)N1CCCC(C(C)C(=O)OC(C)(C)C)CC1C)OCc1ccc(CS(C)(=O)=O)cc1F. The van der Waals surface area contributed by atoms with Gasteiger partial charge in [0.2, 0.25) is 0 Å². The van der Waals surface area contributed by atoms with Gasteiger partial charge in [0, 0.05) is 30.8 Å². The summed E-state index contributed by atoms with van der Waals surface area (Å²) < 4.78 is 49.1. The molecule has 7 nitrogen and oxygen atoms in total.